The summed E-state index contributed by atoms with van der Waals surface area (Å²) in [6.45, 7) is 5.59. The van der Waals surface area contributed by atoms with Crippen molar-refractivity contribution in [2.45, 2.75) is 32.7 Å². The van der Waals surface area contributed by atoms with Crippen molar-refractivity contribution in [1.29, 1.82) is 0 Å². The van der Waals surface area contributed by atoms with E-state index in [0.717, 1.165) is 6.54 Å². The molecule has 0 saturated carbocycles. The fourth-order valence-corrected chi connectivity index (χ4v) is 1.82. The van der Waals surface area contributed by atoms with E-state index in [1.165, 1.54) is 24.0 Å². The lowest BCUT2D eigenvalue weighted by molar-refractivity contribution is 0.296. The van der Waals surface area contributed by atoms with Gasteiger partial charge in [-0.15, -0.1) is 0 Å². The maximum Gasteiger partial charge on any atom is 0.0689 e. The van der Waals surface area contributed by atoms with Gasteiger partial charge in [-0.2, -0.15) is 0 Å². The first-order valence-electron chi connectivity index (χ1n) is 5.05. The van der Waals surface area contributed by atoms with E-state index in [4.69, 9.17) is 0 Å². The van der Waals surface area contributed by atoms with Gasteiger partial charge in [-0.25, -0.2) is 0 Å². The Hall–Kier alpha value is -0.980. The SMILES string of the molecule is CC(C)N1[C]=C2C=CC=C2CCC1. The molecular weight excluding hydrogens is 158 g/mol. The lowest BCUT2D eigenvalue weighted by Gasteiger charge is -2.22. The first-order chi connectivity index (χ1) is 6.27. The van der Waals surface area contributed by atoms with Gasteiger partial charge in [-0.05, 0) is 32.3 Å². The number of fused-ring (bicyclic) bond motifs is 1. The minimum atomic E-state index is 0.570. The normalized spacial score (nSPS) is 21.3. The maximum atomic E-state index is 3.47. The molecule has 0 spiro atoms. The second-order valence-corrected chi connectivity index (χ2v) is 3.97. The van der Waals surface area contributed by atoms with E-state index in [2.05, 4.69) is 43.2 Å². The lowest BCUT2D eigenvalue weighted by atomic mass is 10.1. The molecule has 0 atom stereocenters. The van der Waals surface area contributed by atoms with Gasteiger partial charge in [0.1, 0.15) is 0 Å². The molecule has 2 rings (SSSR count). The fourth-order valence-electron chi connectivity index (χ4n) is 1.82. The topological polar surface area (TPSA) is 3.24 Å². The van der Waals surface area contributed by atoms with E-state index in [-0.39, 0.29) is 0 Å². The number of nitrogens with zero attached hydrogens (tertiary/aromatic N) is 1. The predicted octanol–water partition coefficient (Wildman–Crippen LogP) is 2.67. The Balaban J connectivity index is 2.22. The second kappa shape index (κ2) is 3.41. The van der Waals surface area contributed by atoms with E-state index >= 15 is 0 Å². The summed E-state index contributed by atoms with van der Waals surface area (Å²) in [5.41, 5.74) is 2.76. The van der Waals surface area contributed by atoms with Crippen LogP contribution in [0.25, 0.3) is 0 Å². The van der Waals surface area contributed by atoms with Crippen molar-refractivity contribution in [2.75, 3.05) is 6.54 Å². The molecule has 1 heterocycles. The van der Waals surface area contributed by atoms with Gasteiger partial charge in [0.05, 0.1) is 6.20 Å². The molecule has 13 heavy (non-hydrogen) atoms. The summed E-state index contributed by atoms with van der Waals surface area (Å²) in [6, 6.07) is 0.570. The zero-order valence-corrected chi connectivity index (χ0v) is 8.38. The van der Waals surface area contributed by atoms with Crippen molar-refractivity contribution in [3.63, 3.8) is 0 Å². The predicted molar refractivity (Wildman–Crippen MR) is 55.1 cm³/mol. The molecule has 0 unspecified atom stereocenters. The summed E-state index contributed by atoms with van der Waals surface area (Å²) in [4.78, 5) is 2.31. The van der Waals surface area contributed by atoms with E-state index in [1.807, 2.05) is 0 Å². The molecule has 0 aromatic carbocycles. The van der Waals surface area contributed by atoms with Gasteiger partial charge in [0.15, 0.2) is 0 Å². The third-order valence-electron chi connectivity index (χ3n) is 2.64. The van der Waals surface area contributed by atoms with Crippen LogP contribution < -0.4 is 0 Å². The summed E-state index contributed by atoms with van der Waals surface area (Å²) in [7, 11) is 0. The second-order valence-electron chi connectivity index (χ2n) is 3.97. The van der Waals surface area contributed by atoms with Crippen LogP contribution in [0.3, 0.4) is 0 Å². The molecule has 69 valence electrons. The molecule has 0 fully saturated rings. The van der Waals surface area contributed by atoms with Crippen LogP contribution in [0.2, 0.25) is 0 Å². The standard InChI is InChI=1S/C12H16N/c1-10(2)13-8-4-7-11-5-3-6-12(11)9-13/h3,5-6,10H,4,7-8H2,1-2H3. The van der Waals surface area contributed by atoms with Gasteiger partial charge in [0.25, 0.3) is 0 Å². The van der Waals surface area contributed by atoms with Crippen molar-refractivity contribution in [2.24, 2.45) is 0 Å². The molecule has 1 nitrogen and oxygen atoms in total. The molecule has 0 saturated heterocycles. The minimum absolute atomic E-state index is 0.570. The number of hydrogen-bond donors (Lipinski definition) is 0. The first kappa shape index (κ1) is 8.61. The van der Waals surface area contributed by atoms with Crippen LogP contribution in [0.5, 0.6) is 0 Å². The molecule has 1 aliphatic carbocycles. The molecule has 0 amide bonds. The van der Waals surface area contributed by atoms with Crippen molar-refractivity contribution >= 4 is 0 Å². The largest absolute Gasteiger partial charge is 0.367 e. The summed E-state index contributed by atoms with van der Waals surface area (Å²) in [5.74, 6) is 0. The highest BCUT2D eigenvalue weighted by molar-refractivity contribution is 5.47. The first-order valence-corrected chi connectivity index (χ1v) is 5.05. The minimum Gasteiger partial charge on any atom is -0.367 e. The molecule has 0 N–H and O–H groups in total. The Bertz CT molecular complexity index is 281. The summed E-state index contributed by atoms with van der Waals surface area (Å²) >= 11 is 0. The fraction of sp³-hybridized carbons (Fsp3) is 0.500. The highest BCUT2D eigenvalue weighted by Crippen LogP contribution is 2.26. The van der Waals surface area contributed by atoms with Crippen LogP contribution in [0, 0.1) is 6.20 Å². The van der Waals surface area contributed by atoms with Crippen molar-refractivity contribution in [3.8, 4) is 0 Å². The van der Waals surface area contributed by atoms with Crippen LogP contribution in [-0.2, 0) is 0 Å². The van der Waals surface area contributed by atoms with Gasteiger partial charge in [0.2, 0.25) is 0 Å². The Labute approximate surface area is 80.4 Å². The van der Waals surface area contributed by atoms with E-state index in [9.17, 15) is 0 Å². The van der Waals surface area contributed by atoms with Gasteiger partial charge < -0.3 is 4.90 Å². The molecule has 2 aliphatic rings. The van der Waals surface area contributed by atoms with Gasteiger partial charge >= 0.3 is 0 Å². The molecule has 0 bridgehead atoms. The van der Waals surface area contributed by atoms with Crippen molar-refractivity contribution < 1.29 is 0 Å². The Morgan fingerprint density at radius 3 is 3.08 bits per heavy atom. The monoisotopic (exact) mass is 174 g/mol. The van der Waals surface area contributed by atoms with E-state index in [1.54, 1.807) is 0 Å². The van der Waals surface area contributed by atoms with Crippen LogP contribution in [0.15, 0.2) is 29.4 Å². The lowest BCUT2D eigenvalue weighted by Crippen LogP contribution is -2.26. The van der Waals surface area contributed by atoms with E-state index in [0.29, 0.717) is 6.04 Å². The molecule has 0 aromatic heterocycles. The van der Waals surface area contributed by atoms with Crippen molar-refractivity contribution in [3.05, 3.63) is 35.6 Å². The van der Waals surface area contributed by atoms with Crippen LogP contribution in [-0.4, -0.2) is 17.5 Å². The van der Waals surface area contributed by atoms with Crippen LogP contribution in [0.4, 0.5) is 0 Å². The average molecular weight is 174 g/mol. The van der Waals surface area contributed by atoms with Crippen LogP contribution >= 0.6 is 0 Å². The number of allylic oxidation sites excluding steroid dienone is 5. The highest BCUT2D eigenvalue weighted by atomic mass is 15.1. The summed E-state index contributed by atoms with van der Waals surface area (Å²) < 4.78 is 0. The van der Waals surface area contributed by atoms with Gasteiger partial charge in [0, 0.05) is 18.2 Å². The maximum absolute atomic E-state index is 3.47. The van der Waals surface area contributed by atoms with Gasteiger partial charge in [-0.1, -0.05) is 18.2 Å². The Kier molecular flexibility index (Phi) is 2.26. The van der Waals surface area contributed by atoms with E-state index < -0.39 is 0 Å². The third kappa shape index (κ3) is 1.69. The summed E-state index contributed by atoms with van der Waals surface area (Å²) in [5, 5.41) is 0. The Morgan fingerprint density at radius 2 is 2.31 bits per heavy atom. The van der Waals surface area contributed by atoms with Gasteiger partial charge in [-0.3, -0.25) is 0 Å². The molecule has 1 aliphatic heterocycles. The molecule has 1 radical (unpaired) electrons. The Morgan fingerprint density at radius 1 is 1.46 bits per heavy atom. The highest BCUT2D eigenvalue weighted by Gasteiger charge is 2.15. The zero-order chi connectivity index (χ0) is 9.26. The molecular formula is C12H16N. The summed E-state index contributed by atoms with van der Waals surface area (Å²) in [6.07, 6.45) is 12.4. The molecule has 1 heteroatoms. The molecule has 0 aromatic rings. The van der Waals surface area contributed by atoms with Crippen molar-refractivity contribution in [1.82, 2.24) is 4.90 Å². The number of rotatable bonds is 1. The quantitative estimate of drug-likeness (QED) is 0.590. The van der Waals surface area contributed by atoms with Crippen LogP contribution in [0.1, 0.15) is 26.7 Å². The smallest absolute Gasteiger partial charge is 0.0689 e. The third-order valence-corrected chi connectivity index (χ3v) is 2.64. The zero-order valence-electron chi connectivity index (χ0n) is 8.38. The average Bonchev–Trinajstić information content (AvgIpc) is 2.42. The number of hydrogen-bond acceptors (Lipinski definition) is 1.